The van der Waals surface area contributed by atoms with Crippen molar-refractivity contribution in [2.24, 2.45) is 5.73 Å². The van der Waals surface area contributed by atoms with E-state index in [1.807, 2.05) is 0 Å². The number of rotatable bonds is 6. The number of nitrogens with two attached hydrogens (primary N) is 1. The molecule has 0 bridgehead atoms. The topological polar surface area (TPSA) is 127 Å². The molecule has 1 aromatic carbocycles. The van der Waals surface area contributed by atoms with Crippen LogP contribution >= 0.6 is 11.6 Å². The number of amides is 1. The van der Waals surface area contributed by atoms with Gasteiger partial charge in [0.25, 0.3) is 5.91 Å². The third kappa shape index (κ3) is 4.86. The smallest absolute Gasteiger partial charge is 0.347 e. The molecule has 0 aromatic heterocycles. The Morgan fingerprint density at radius 3 is 2.26 bits per heavy atom. The fraction of sp³-hybridized carbons (Fsp3) is 0.133. The second kappa shape index (κ2) is 8.00. The summed E-state index contributed by atoms with van der Waals surface area (Å²) in [5.41, 5.74) is 4.21. The van der Waals surface area contributed by atoms with Crippen molar-refractivity contribution in [3.05, 3.63) is 52.3 Å². The van der Waals surface area contributed by atoms with Crippen LogP contribution in [-0.4, -0.2) is 34.5 Å². The molecule has 0 spiro atoms. The molecule has 0 aliphatic carbocycles. The number of allylic oxidation sites excluding steroid dienone is 1. The van der Waals surface area contributed by atoms with E-state index in [2.05, 4.69) is 4.74 Å². The largest absolute Gasteiger partial charge is 0.507 e. The summed E-state index contributed by atoms with van der Waals surface area (Å²) in [6.07, 6.45) is 0.640. The van der Waals surface area contributed by atoms with E-state index in [1.165, 1.54) is 31.2 Å². The van der Waals surface area contributed by atoms with Crippen LogP contribution in [0.5, 0.6) is 0 Å². The zero-order valence-corrected chi connectivity index (χ0v) is 12.8. The van der Waals surface area contributed by atoms with E-state index in [0.29, 0.717) is 11.1 Å². The van der Waals surface area contributed by atoms with Crippen LogP contribution in [0, 0.1) is 0 Å². The number of ether oxygens (including phenoxy) is 1. The van der Waals surface area contributed by atoms with Gasteiger partial charge in [-0.15, -0.1) is 0 Å². The predicted octanol–water partition coefficient (Wildman–Crippen LogP) is 1.67. The Bertz CT molecular complexity index is 690. The van der Waals surface area contributed by atoms with E-state index in [1.54, 1.807) is 0 Å². The average molecular weight is 340 g/mol. The highest BCUT2D eigenvalue weighted by Gasteiger charge is 2.26. The van der Waals surface area contributed by atoms with Gasteiger partial charge in [0, 0.05) is 16.7 Å². The van der Waals surface area contributed by atoms with Crippen LogP contribution in [-0.2, 0) is 19.1 Å². The van der Waals surface area contributed by atoms with Gasteiger partial charge in [-0.2, -0.15) is 0 Å². The van der Waals surface area contributed by atoms with Crippen molar-refractivity contribution in [3.8, 4) is 0 Å². The van der Waals surface area contributed by atoms with E-state index >= 15 is 0 Å². The third-order valence-corrected chi connectivity index (χ3v) is 2.86. The van der Waals surface area contributed by atoms with Crippen LogP contribution in [0.2, 0.25) is 5.02 Å². The Morgan fingerprint density at radius 2 is 1.78 bits per heavy atom. The monoisotopic (exact) mass is 339 g/mol. The molecular weight excluding hydrogens is 326 g/mol. The van der Waals surface area contributed by atoms with Gasteiger partial charge >= 0.3 is 5.97 Å². The number of aliphatic hydroxyl groups excluding tert-OH is 2. The predicted molar refractivity (Wildman–Crippen MR) is 82.5 cm³/mol. The van der Waals surface area contributed by atoms with Gasteiger partial charge in [0.05, 0.1) is 6.61 Å². The number of primary amides is 1. The summed E-state index contributed by atoms with van der Waals surface area (Å²) < 4.78 is 4.53. The van der Waals surface area contributed by atoms with E-state index in [4.69, 9.17) is 17.3 Å². The summed E-state index contributed by atoms with van der Waals surface area (Å²) in [5.74, 6) is -5.44. The van der Waals surface area contributed by atoms with Crippen LogP contribution in [0.4, 0.5) is 0 Å². The van der Waals surface area contributed by atoms with Gasteiger partial charge in [-0.1, -0.05) is 11.6 Å². The first-order chi connectivity index (χ1) is 10.8. The van der Waals surface area contributed by atoms with Crippen molar-refractivity contribution in [2.75, 3.05) is 6.61 Å². The summed E-state index contributed by atoms with van der Waals surface area (Å²) in [6.45, 7) is 1.39. The normalized spacial score (nSPS) is 12.3. The second-order valence-electron chi connectivity index (χ2n) is 4.21. The first-order valence-electron chi connectivity index (χ1n) is 6.39. The lowest BCUT2D eigenvalue weighted by atomic mass is 10.1. The molecule has 0 aliphatic rings. The fourth-order valence-corrected chi connectivity index (χ4v) is 1.66. The molecule has 0 unspecified atom stereocenters. The number of carbonyl (C=O) groups excluding carboxylic acids is 3. The molecule has 0 atom stereocenters. The van der Waals surface area contributed by atoms with E-state index in [9.17, 15) is 24.6 Å². The first kappa shape index (κ1) is 18.2. The Hall–Kier alpha value is -2.80. The van der Waals surface area contributed by atoms with Crippen LogP contribution < -0.4 is 5.73 Å². The van der Waals surface area contributed by atoms with E-state index < -0.39 is 34.8 Å². The molecule has 0 fully saturated rings. The molecule has 0 heterocycles. The summed E-state index contributed by atoms with van der Waals surface area (Å²) >= 11 is 5.70. The van der Waals surface area contributed by atoms with Crippen molar-refractivity contribution < 1.29 is 29.3 Å². The molecule has 1 amide bonds. The first-order valence-corrected chi connectivity index (χ1v) is 6.76. The lowest BCUT2D eigenvalue weighted by Gasteiger charge is -2.05. The van der Waals surface area contributed by atoms with Crippen molar-refractivity contribution in [2.45, 2.75) is 6.92 Å². The van der Waals surface area contributed by atoms with Gasteiger partial charge in [-0.25, -0.2) is 4.79 Å². The molecule has 0 aliphatic heterocycles. The lowest BCUT2D eigenvalue weighted by molar-refractivity contribution is -0.140. The Labute approximate surface area is 136 Å². The SMILES string of the molecule is CCOC(=O)/C(C(N)=O)=C(\O)C(=O)/C=C(\O)c1ccc(Cl)cc1. The quantitative estimate of drug-likeness (QED) is 0.238. The van der Waals surface area contributed by atoms with Crippen molar-refractivity contribution in [3.63, 3.8) is 0 Å². The van der Waals surface area contributed by atoms with Crippen LogP contribution in [0.3, 0.4) is 0 Å². The van der Waals surface area contributed by atoms with Gasteiger partial charge in [-0.05, 0) is 31.2 Å². The minimum Gasteiger partial charge on any atom is -0.507 e. The van der Waals surface area contributed by atoms with Crippen molar-refractivity contribution in [1.29, 1.82) is 0 Å². The minimum atomic E-state index is -1.33. The van der Waals surface area contributed by atoms with Crippen molar-refractivity contribution in [1.82, 2.24) is 0 Å². The molecule has 1 aromatic rings. The minimum absolute atomic E-state index is 0.0804. The van der Waals surface area contributed by atoms with Gasteiger partial charge in [0.15, 0.2) is 11.3 Å². The molecule has 23 heavy (non-hydrogen) atoms. The summed E-state index contributed by atoms with van der Waals surface area (Å²) in [4.78, 5) is 34.6. The molecule has 8 heteroatoms. The number of carbonyl (C=O) groups is 3. The highest BCUT2D eigenvalue weighted by molar-refractivity contribution is 6.30. The van der Waals surface area contributed by atoms with Gasteiger partial charge in [-0.3, -0.25) is 9.59 Å². The maximum Gasteiger partial charge on any atom is 0.347 e. The molecule has 0 saturated carbocycles. The highest BCUT2D eigenvalue weighted by atomic mass is 35.5. The highest BCUT2D eigenvalue weighted by Crippen LogP contribution is 2.16. The molecular formula is C15H14ClNO6. The number of hydrogen-bond donors (Lipinski definition) is 3. The number of ketones is 1. The maximum absolute atomic E-state index is 11.9. The summed E-state index contributed by atoms with van der Waals surface area (Å²) in [6, 6.07) is 5.83. The summed E-state index contributed by atoms with van der Waals surface area (Å²) in [5, 5.41) is 20.0. The number of halogens is 1. The van der Waals surface area contributed by atoms with Gasteiger partial charge < -0.3 is 20.7 Å². The zero-order chi connectivity index (χ0) is 17.6. The molecule has 0 radical (unpaired) electrons. The number of aliphatic hydroxyl groups is 2. The van der Waals surface area contributed by atoms with Gasteiger partial charge in [0.2, 0.25) is 5.78 Å². The third-order valence-electron chi connectivity index (χ3n) is 2.60. The Morgan fingerprint density at radius 1 is 1.22 bits per heavy atom. The molecule has 1 rings (SSSR count). The molecule has 4 N–H and O–H groups in total. The number of hydrogen-bond acceptors (Lipinski definition) is 6. The maximum atomic E-state index is 11.9. The van der Waals surface area contributed by atoms with E-state index in [0.717, 1.165) is 0 Å². The molecule has 0 saturated heterocycles. The Kier molecular flexibility index (Phi) is 6.35. The van der Waals surface area contributed by atoms with E-state index in [-0.39, 0.29) is 12.2 Å². The Balaban J connectivity index is 3.16. The fourth-order valence-electron chi connectivity index (χ4n) is 1.54. The number of esters is 1. The van der Waals surface area contributed by atoms with Crippen LogP contribution in [0.25, 0.3) is 5.76 Å². The molecule has 7 nitrogen and oxygen atoms in total. The molecule has 122 valence electrons. The zero-order valence-electron chi connectivity index (χ0n) is 12.1. The standard InChI is InChI=1S/C15H14ClNO6/c1-2-23-15(22)12(14(17)21)13(20)11(19)7-10(18)8-3-5-9(16)6-4-8/h3-7,18,20H,2H2,1H3,(H2,17,21)/b10-7-,13-12-. The number of benzene rings is 1. The second-order valence-corrected chi connectivity index (χ2v) is 4.65. The lowest BCUT2D eigenvalue weighted by Crippen LogP contribution is -2.26. The van der Waals surface area contributed by atoms with Gasteiger partial charge in [0.1, 0.15) is 5.76 Å². The average Bonchev–Trinajstić information content (AvgIpc) is 2.47. The summed E-state index contributed by atoms with van der Waals surface area (Å²) in [7, 11) is 0. The van der Waals surface area contributed by atoms with Crippen LogP contribution in [0.1, 0.15) is 12.5 Å². The van der Waals surface area contributed by atoms with Crippen molar-refractivity contribution >= 4 is 35.0 Å². The van der Waals surface area contributed by atoms with Crippen LogP contribution in [0.15, 0.2) is 41.7 Å².